The third-order valence-corrected chi connectivity index (χ3v) is 9.58. The summed E-state index contributed by atoms with van der Waals surface area (Å²) in [7, 11) is 0. The van der Waals surface area contributed by atoms with Crippen LogP contribution in [0, 0.1) is 46.5 Å². The van der Waals surface area contributed by atoms with Crippen LogP contribution in [0.15, 0.2) is 0 Å². The van der Waals surface area contributed by atoms with E-state index in [0.717, 1.165) is 44.4 Å². The van der Waals surface area contributed by atoms with Gasteiger partial charge in [-0.15, -0.1) is 0 Å². The van der Waals surface area contributed by atoms with Crippen molar-refractivity contribution in [1.29, 1.82) is 0 Å². The first-order chi connectivity index (χ1) is 13.7. The summed E-state index contributed by atoms with van der Waals surface area (Å²) in [6, 6.07) is 0. The predicted molar refractivity (Wildman–Crippen MR) is 112 cm³/mol. The molecule has 0 aromatic rings. The Balaban J connectivity index is 1.53. The Hall–Kier alpha value is -1.21. The quantitative estimate of drug-likeness (QED) is 0.538. The minimum atomic E-state index is -0.914. The lowest BCUT2D eigenvalue weighted by atomic mass is 9.44. The molecule has 0 bridgehead atoms. The zero-order chi connectivity index (χ0) is 20.9. The number of aliphatic hydroxyl groups is 1. The van der Waals surface area contributed by atoms with Crippen LogP contribution in [0.1, 0.15) is 85.5 Å². The van der Waals surface area contributed by atoms with Crippen LogP contribution in [-0.4, -0.2) is 29.4 Å². The largest absolute Gasteiger partial charge is 0.463 e. The van der Waals surface area contributed by atoms with Gasteiger partial charge in [-0.3, -0.25) is 4.79 Å². The van der Waals surface area contributed by atoms with E-state index >= 15 is 0 Å². The summed E-state index contributed by atoms with van der Waals surface area (Å²) in [5.74, 6) is 5.59. The summed E-state index contributed by atoms with van der Waals surface area (Å²) in [4.78, 5) is 11.4. The van der Waals surface area contributed by atoms with E-state index in [1.165, 1.54) is 26.2 Å². The van der Waals surface area contributed by atoms with Gasteiger partial charge in [0.25, 0.3) is 0 Å². The molecule has 0 aromatic carbocycles. The lowest BCUT2D eigenvalue weighted by Gasteiger charge is -2.61. The second kappa shape index (κ2) is 7.49. The lowest BCUT2D eigenvalue weighted by molar-refractivity contribution is -0.164. The van der Waals surface area contributed by atoms with Gasteiger partial charge in [-0.25, -0.2) is 0 Å². The molecule has 4 saturated carbocycles. The zero-order valence-electron chi connectivity index (χ0n) is 18.6. The first kappa shape index (κ1) is 21.0. The number of fused-ring (bicyclic) bond motifs is 5. The molecular formula is C25H38O4. The van der Waals surface area contributed by atoms with Crippen LogP contribution in [0.3, 0.4) is 0 Å². The third kappa shape index (κ3) is 3.29. The number of hydrogen-bond acceptors (Lipinski definition) is 4. The van der Waals surface area contributed by atoms with E-state index in [4.69, 9.17) is 9.47 Å². The van der Waals surface area contributed by atoms with Crippen LogP contribution in [0.25, 0.3) is 0 Å². The minimum Gasteiger partial charge on any atom is -0.463 e. The number of rotatable bonds is 2. The first-order valence-corrected chi connectivity index (χ1v) is 11.8. The van der Waals surface area contributed by atoms with Gasteiger partial charge in [-0.05, 0) is 99.7 Å². The fraction of sp³-hybridized carbons (Fsp3) is 0.880. The maximum atomic E-state index is 11.5. The summed E-state index contributed by atoms with van der Waals surface area (Å²) >= 11 is 0. The second-order valence-corrected chi connectivity index (χ2v) is 10.7. The molecule has 0 saturated heterocycles. The number of hydrogen-bond donors (Lipinski definition) is 1. The maximum absolute atomic E-state index is 11.5. The summed E-state index contributed by atoms with van der Waals surface area (Å²) in [6.45, 7) is 8.81. The molecule has 0 spiro atoms. The van der Waals surface area contributed by atoms with Gasteiger partial charge in [0.05, 0.1) is 6.61 Å². The standard InChI is InChI=1S/C25H38O4/c1-5-28-15-14-25(27)13-10-22-20-7-6-18-16-19(29-17(2)26)8-11-23(18,3)21(20)9-12-24(22,25)4/h18-22,27H,5-13,16H2,1-4H3/t18-,19?,20?,21?,22?,23?,24?,25+/m0/s1. The van der Waals surface area contributed by atoms with Crippen LogP contribution < -0.4 is 0 Å². The van der Waals surface area contributed by atoms with Crippen molar-refractivity contribution in [2.45, 2.75) is 97.2 Å². The SMILES string of the molecule is CCOC#C[C@]1(O)CCC2C3CC[C@H]4CC(OC(C)=O)CCC4(C)C3CCC21C. The van der Waals surface area contributed by atoms with Crippen molar-refractivity contribution >= 4 is 5.97 Å². The molecule has 0 amide bonds. The van der Waals surface area contributed by atoms with Gasteiger partial charge in [-0.2, -0.15) is 0 Å². The van der Waals surface area contributed by atoms with Gasteiger partial charge in [-0.1, -0.05) is 13.8 Å². The first-order valence-electron chi connectivity index (χ1n) is 11.8. The van der Waals surface area contributed by atoms with Crippen molar-refractivity contribution in [3.8, 4) is 12.0 Å². The van der Waals surface area contributed by atoms with E-state index in [1.54, 1.807) is 0 Å². The van der Waals surface area contributed by atoms with Gasteiger partial charge < -0.3 is 14.6 Å². The van der Waals surface area contributed by atoms with Crippen LogP contribution in [0.5, 0.6) is 0 Å². The smallest absolute Gasteiger partial charge is 0.302 e. The van der Waals surface area contributed by atoms with Gasteiger partial charge in [0.2, 0.25) is 0 Å². The minimum absolute atomic E-state index is 0.112. The summed E-state index contributed by atoms with van der Waals surface area (Å²) in [6.07, 6.45) is 12.6. The van der Waals surface area contributed by atoms with E-state index < -0.39 is 5.60 Å². The summed E-state index contributed by atoms with van der Waals surface area (Å²) < 4.78 is 10.8. The monoisotopic (exact) mass is 402 g/mol. The highest BCUT2D eigenvalue weighted by Gasteiger charge is 2.64. The van der Waals surface area contributed by atoms with Crippen LogP contribution in [0.2, 0.25) is 0 Å². The number of carbonyl (C=O) groups excluding carboxylic acids is 1. The van der Waals surface area contributed by atoms with Gasteiger partial charge in [0, 0.05) is 12.3 Å². The fourth-order valence-electron chi connectivity index (χ4n) is 7.97. The van der Waals surface area contributed by atoms with Crippen molar-refractivity contribution in [1.82, 2.24) is 0 Å². The van der Waals surface area contributed by atoms with E-state index in [0.29, 0.717) is 29.8 Å². The Kier molecular flexibility index (Phi) is 5.43. The van der Waals surface area contributed by atoms with Gasteiger partial charge >= 0.3 is 5.97 Å². The van der Waals surface area contributed by atoms with E-state index in [-0.39, 0.29) is 17.5 Å². The topological polar surface area (TPSA) is 55.8 Å². The highest BCUT2D eigenvalue weighted by molar-refractivity contribution is 5.66. The normalized spacial score (nSPS) is 48.4. The fourth-order valence-corrected chi connectivity index (χ4v) is 7.97. The van der Waals surface area contributed by atoms with Crippen LogP contribution >= 0.6 is 0 Å². The molecule has 6 unspecified atom stereocenters. The Bertz CT molecular complexity index is 707. The molecular weight excluding hydrogens is 364 g/mol. The van der Waals surface area contributed by atoms with Crippen molar-refractivity contribution in [3.63, 3.8) is 0 Å². The molecule has 8 atom stereocenters. The average molecular weight is 403 g/mol. The molecule has 0 aromatic heterocycles. The number of carbonyl (C=O) groups is 1. The van der Waals surface area contributed by atoms with Crippen LogP contribution in [-0.2, 0) is 14.3 Å². The molecule has 4 fully saturated rings. The molecule has 29 heavy (non-hydrogen) atoms. The summed E-state index contributed by atoms with van der Waals surface area (Å²) in [5, 5.41) is 11.5. The Morgan fingerprint density at radius 2 is 1.83 bits per heavy atom. The van der Waals surface area contributed by atoms with E-state index in [1.807, 2.05) is 6.92 Å². The van der Waals surface area contributed by atoms with Crippen molar-refractivity contribution in [3.05, 3.63) is 0 Å². The molecule has 4 rings (SSSR count). The van der Waals surface area contributed by atoms with E-state index in [9.17, 15) is 9.90 Å². The molecule has 4 nitrogen and oxygen atoms in total. The molecule has 4 aliphatic carbocycles. The van der Waals surface area contributed by atoms with E-state index in [2.05, 4.69) is 25.9 Å². The highest BCUT2D eigenvalue weighted by Crippen LogP contribution is 2.68. The molecule has 162 valence electrons. The Labute approximate surface area is 176 Å². The second-order valence-electron chi connectivity index (χ2n) is 10.7. The molecule has 0 aliphatic heterocycles. The van der Waals surface area contributed by atoms with Crippen LogP contribution in [0.4, 0.5) is 0 Å². The Morgan fingerprint density at radius 1 is 1.07 bits per heavy atom. The lowest BCUT2D eigenvalue weighted by Crippen LogP contribution is -2.56. The number of esters is 1. The Morgan fingerprint density at radius 3 is 2.55 bits per heavy atom. The maximum Gasteiger partial charge on any atom is 0.302 e. The van der Waals surface area contributed by atoms with Gasteiger partial charge in [0.15, 0.2) is 0 Å². The predicted octanol–water partition coefficient (Wildman–Crippen LogP) is 4.69. The molecule has 4 aliphatic rings. The molecule has 4 heteroatoms. The average Bonchev–Trinajstić information content (AvgIpc) is 2.93. The summed E-state index contributed by atoms with van der Waals surface area (Å²) in [5.41, 5.74) is -0.697. The molecule has 0 radical (unpaired) electrons. The van der Waals surface area contributed by atoms with Crippen molar-refractivity contribution < 1.29 is 19.4 Å². The third-order valence-electron chi connectivity index (χ3n) is 9.58. The van der Waals surface area contributed by atoms with Crippen molar-refractivity contribution in [2.24, 2.45) is 34.5 Å². The molecule has 1 N–H and O–H groups in total. The zero-order valence-corrected chi connectivity index (χ0v) is 18.6. The number of ether oxygens (including phenoxy) is 2. The van der Waals surface area contributed by atoms with Crippen molar-refractivity contribution in [2.75, 3.05) is 6.61 Å². The molecule has 0 heterocycles. The highest BCUT2D eigenvalue weighted by atomic mass is 16.5. The van der Waals surface area contributed by atoms with Gasteiger partial charge in [0.1, 0.15) is 17.8 Å².